The van der Waals surface area contributed by atoms with Gasteiger partial charge in [0.05, 0.1) is 5.69 Å². The average Bonchev–Trinajstić information content (AvgIpc) is 3.22. The number of benzene rings is 1. The van der Waals surface area contributed by atoms with Crippen molar-refractivity contribution in [3.8, 4) is 5.69 Å². The molecule has 1 aromatic heterocycles. The number of aromatic nitrogens is 2. The van der Waals surface area contributed by atoms with Gasteiger partial charge in [-0.1, -0.05) is 25.1 Å². The van der Waals surface area contributed by atoms with Gasteiger partial charge in [-0.25, -0.2) is 9.48 Å². The Hall–Kier alpha value is -2.63. The molecule has 132 valence electrons. The quantitative estimate of drug-likeness (QED) is 0.819. The topological polar surface area (TPSA) is 73.2 Å². The van der Waals surface area contributed by atoms with Gasteiger partial charge in [0.1, 0.15) is 0 Å². The van der Waals surface area contributed by atoms with E-state index >= 15 is 0 Å². The number of hydrogen-bond donors (Lipinski definition) is 1. The Morgan fingerprint density at radius 3 is 2.76 bits per heavy atom. The minimum atomic E-state index is -0.535. The van der Waals surface area contributed by atoms with E-state index in [9.17, 15) is 9.59 Å². The molecule has 0 spiro atoms. The second kappa shape index (κ2) is 7.51. The van der Waals surface area contributed by atoms with Gasteiger partial charge in [-0.15, -0.1) is 0 Å². The largest absolute Gasteiger partial charge is 0.451 e. The predicted octanol–water partition coefficient (Wildman–Crippen LogP) is 2.43. The zero-order chi connectivity index (χ0) is 17.8. The highest BCUT2D eigenvalue weighted by Crippen LogP contribution is 2.28. The lowest BCUT2D eigenvalue weighted by Gasteiger charge is -2.11. The lowest BCUT2D eigenvalue weighted by molar-refractivity contribution is -0.124. The zero-order valence-corrected chi connectivity index (χ0v) is 14.6. The van der Waals surface area contributed by atoms with Crippen molar-refractivity contribution in [2.45, 2.75) is 45.6 Å². The Balaban J connectivity index is 1.75. The summed E-state index contributed by atoms with van der Waals surface area (Å²) in [6.07, 6.45) is 3.52. The Morgan fingerprint density at radius 1 is 1.28 bits per heavy atom. The second-order valence-corrected chi connectivity index (χ2v) is 6.33. The van der Waals surface area contributed by atoms with Crippen LogP contribution in [0.25, 0.3) is 5.69 Å². The number of nitrogens with one attached hydrogen (secondary N) is 1. The number of hydrogen-bond acceptors (Lipinski definition) is 4. The molecular weight excluding hydrogens is 318 g/mol. The van der Waals surface area contributed by atoms with E-state index in [1.54, 1.807) is 0 Å². The molecule has 0 radical (unpaired) electrons. The van der Waals surface area contributed by atoms with Gasteiger partial charge in [0.25, 0.3) is 5.91 Å². The number of carbonyl (C=O) groups is 2. The molecule has 1 aliphatic rings. The zero-order valence-electron chi connectivity index (χ0n) is 14.6. The molecular formula is C19H23N3O3. The predicted molar refractivity (Wildman–Crippen MR) is 93.8 cm³/mol. The standard InChI is InChI=1S/C19H23N3O3/c1-3-13(2)20-17(23)12-25-19(24)18-15-10-7-11-16(15)22(21-18)14-8-5-4-6-9-14/h4-6,8-9,13H,3,7,10-12H2,1-2H3,(H,20,23)/t13-/m1/s1. The van der Waals surface area contributed by atoms with Crippen molar-refractivity contribution in [1.82, 2.24) is 15.1 Å². The fourth-order valence-corrected chi connectivity index (χ4v) is 3.00. The molecule has 25 heavy (non-hydrogen) atoms. The number of nitrogens with zero attached hydrogens (tertiary/aromatic N) is 2. The molecule has 1 atom stereocenters. The van der Waals surface area contributed by atoms with E-state index in [0.717, 1.165) is 42.6 Å². The average molecular weight is 341 g/mol. The minimum Gasteiger partial charge on any atom is -0.451 e. The third-order valence-corrected chi connectivity index (χ3v) is 4.48. The van der Waals surface area contributed by atoms with Crippen LogP contribution in [0.2, 0.25) is 0 Å². The third kappa shape index (κ3) is 3.73. The maximum Gasteiger partial charge on any atom is 0.359 e. The van der Waals surface area contributed by atoms with Crippen molar-refractivity contribution in [2.75, 3.05) is 6.61 Å². The van der Waals surface area contributed by atoms with E-state index in [0.29, 0.717) is 5.69 Å². The van der Waals surface area contributed by atoms with Crippen LogP contribution in [0.15, 0.2) is 30.3 Å². The van der Waals surface area contributed by atoms with Crippen molar-refractivity contribution >= 4 is 11.9 Å². The van der Waals surface area contributed by atoms with E-state index in [-0.39, 0.29) is 18.6 Å². The molecule has 2 aromatic rings. The molecule has 0 unspecified atom stereocenters. The van der Waals surface area contributed by atoms with E-state index in [4.69, 9.17) is 4.74 Å². The summed E-state index contributed by atoms with van der Waals surface area (Å²) in [7, 11) is 0. The summed E-state index contributed by atoms with van der Waals surface area (Å²) in [5.74, 6) is -0.825. The molecule has 1 amide bonds. The Morgan fingerprint density at radius 2 is 2.04 bits per heavy atom. The molecule has 0 saturated heterocycles. The van der Waals surface area contributed by atoms with Gasteiger partial charge in [-0.2, -0.15) is 5.10 Å². The number of para-hydroxylation sites is 1. The third-order valence-electron chi connectivity index (χ3n) is 4.48. The van der Waals surface area contributed by atoms with Crippen LogP contribution in [-0.4, -0.2) is 34.3 Å². The fourth-order valence-electron chi connectivity index (χ4n) is 3.00. The van der Waals surface area contributed by atoms with Crippen molar-refractivity contribution in [2.24, 2.45) is 0 Å². The van der Waals surface area contributed by atoms with Crippen LogP contribution in [0.1, 0.15) is 48.4 Å². The molecule has 6 nitrogen and oxygen atoms in total. The molecule has 0 saturated carbocycles. The van der Waals surface area contributed by atoms with Crippen LogP contribution >= 0.6 is 0 Å². The first-order valence-corrected chi connectivity index (χ1v) is 8.72. The van der Waals surface area contributed by atoms with Gasteiger partial charge in [0, 0.05) is 17.3 Å². The molecule has 0 aliphatic heterocycles. The van der Waals surface area contributed by atoms with E-state index in [2.05, 4.69) is 10.4 Å². The summed E-state index contributed by atoms with van der Waals surface area (Å²) in [4.78, 5) is 24.2. The molecule has 6 heteroatoms. The van der Waals surface area contributed by atoms with E-state index in [1.165, 1.54) is 0 Å². The van der Waals surface area contributed by atoms with Crippen molar-refractivity contribution < 1.29 is 14.3 Å². The number of ether oxygens (including phenoxy) is 1. The number of rotatable bonds is 6. The number of amides is 1. The van der Waals surface area contributed by atoms with Crippen molar-refractivity contribution in [1.29, 1.82) is 0 Å². The van der Waals surface area contributed by atoms with Gasteiger partial charge >= 0.3 is 5.97 Å². The lowest BCUT2D eigenvalue weighted by Crippen LogP contribution is -2.35. The molecule has 1 aromatic carbocycles. The van der Waals surface area contributed by atoms with Crippen molar-refractivity contribution in [3.05, 3.63) is 47.3 Å². The van der Waals surface area contributed by atoms with Crippen LogP contribution in [0.5, 0.6) is 0 Å². The summed E-state index contributed by atoms with van der Waals surface area (Å²) >= 11 is 0. The monoisotopic (exact) mass is 341 g/mol. The van der Waals surface area contributed by atoms with Crippen molar-refractivity contribution in [3.63, 3.8) is 0 Å². The lowest BCUT2D eigenvalue weighted by atomic mass is 10.2. The van der Waals surface area contributed by atoms with E-state index < -0.39 is 5.97 Å². The minimum absolute atomic E-state index is 0.0627. The van der Waals surface area contributed by atoms with Crippen LogP contribution in [0, 0.1) is 0 Å². The summed E-state index contributed by atoms with van der Waals surface area (Å²) in [5.41, 5.74) is 3.25. The number of esters is 1. The van der Waals surface area contributed by atoms with Gasteiger partial charge in [0.15, 0.2) is 12.3 Å². The molecule has 0 fully saturated rings. The highest BCUT2D eigenvalue weighted by molar-refractivity contribution is 5.91. The van der Waals surface area contributed by atoms with Crippen LogP contribution in [0.3, 0.4) is 0 Å². The first kappa shape index (κ1) is 17.2. The first-order valence-electron chi connectivity index (χ1n) is 8.72. The van der Waals surface area contributed by atoms with Crippen LogP contribution in [-0.2, 0) is 22.4 Å². The summed E-state index contributed by atoms with van der Waals surface area (Å²) in [6, 6.07) is 9.80. The maximum absolute atomic E-state index is 12.4. The SMILES string of the molecule is CC[C@@H](C)NC(=O)COC(=O)c1nn(-c2ccccc2)c2c1CCC2. The molecule has 1 heterocycles. The Labute approximate surface area is 147 Å². The number of carbonyl (C=O) groups excluding carboxylic acids is 2. The number of fused-ring (bicyclic) bond motifs is 1. The highest BCUT2D eigenvalue weighted by atomic mass is 16.5. The first-order chi connectivity index (χ1) is 12.1. The molecule has 0 bridgehead atoms. The fraction of sp³-hybridized carbons (Fsp3) is 0.421. The van der Waals surface area contributed by atoms with Crippen LogP contribution in [0.4, 0.5) is 0 Å². The Kier molecular flexibility index (Phi) is 5.16. The molecule has 1 aliphatic carbocycles. The maximum atomic E-state index is 12.4. The summed E-state index contributed by atoms with van der Waals surface area (Å²) < 4.78 is 7.00. The highest BCUT2D eigenvalue weighted by Gasteiger charge is 2.28. The van der Waals surface area contributed by atoms with Gasteiger partial charge in [-0.3, -0.25) is 4.79 Å². The second-order valence-electron chi connectivity index (χ2n) is 6.33. The van der Waals surface area contributed by atoms with E-state index in [1.807, 2.05) is 48.9 Å². The van der Waals surface area contributed by atoms with Gasteiger partial charge in [-0.05, 0) is 44.7 Å². The Bertz CT molecular complexity index is 768. The summed E-state index contributed by atoms with van der Waals surface area (Å²) in [5, 5.41) is 7.25. The van der Waals surface area contributed by atoms with Crippen LogP contribution < -0.4 is 5.32 Å². The molecule has 1 N–H and O–H groups in total. The van der Waals surface area contributed by atoms with Gasteiger partial charge < -0.3 is 10.1 Å². The van der Waals surface area contributed by atoms with Gasteiger partial charge in [0.2, 0.25) is 0 Å². The molecule has 3 rings (SSSR count). The summed E-state index contributed by atoms with van der Waals surface area (Å²) in [6.45, 7) is 3.61. The normalized spacial score (nSPS) is 14.0. The smallest absolute Gasteiger partial charge is 0.359 e.